The van der Waals surface area contributed by atoms with Crippen molar-refractivity contribution in [2.75, 3.05) is 13.6 Å². The molecule has 0 fully saturated rings. The highest BCUT2D eigenvalue weighted by atomic mass is 32.1. The van der Waals surface area contributed by atoms with Gasteiger partial charge in [0.2, 0.25) is 0 Å². The Morgan fingerprint density at radius 2 is 2.35 bits per heavy atom. The van der Waals surface area contributed by atoms with Gasteiger partial charge in [-0.15, -0.1) is 11.3 Å². The van der Waals surface area contributed by atoms with Crippen molar-refractivity contribution in [3.8, 4) is 10.6 Å². The molecule has 17 heavy (non-hydrogen) atoms. The minimum atomic E-state index is 0.467. The van der Waals surface area contributed by atoms with Gasteiger partial charge in [-0.25, -0.2) is 4.98 Å². The van der Waals surface area contributed by atoms with E-state index in [9.17, 15) is 0 Å². The summed E-state index contributed by atoms with van der Waals surface area (Å²) in [6.07, 6.45) is 3.05. The molecule has 4 heteroatoms. The zero-order valence-electron chi connectivity index (χ0n) is 10.6. The second kappa shape index (κ2) is 5.47. The largest absolute Gasteiger partial charge is 0.341 e. The van der Waals surface area contributed by atoms with Gasteiger partial charge in [0, 0.05) is 12.5 Å². The van der Waals surface area contributed by atoms with Gasteiger partial charge >= 0.3 is 0 Å². The van der Waals surface area contributed by atoms with Crippen molar-refractivity contribution in [2.24, 2.45) is 0 Å². The summed E-state index contributed by atoms with van der Waals surface area (Å²) in [7, 11) is 1.98. The van der Waals surface area contributed by atoms with Gasteiger partial charge in [0.15, 0.2) is 0 Å². The van der Waals surface area contributed by atoms with Gasteiger partial charge in [-0.1, -0.05) is 6.92 Å². The first-order valence-electron chi connectivity index (χ1n) is 6.00. The Morgan fingerprint density at radius 3 is 2.94 bits per heavy atom. The summed E-state index contributed by atoms with van der Waals surface area (Å²) in [5.74, 6) is 1.55. The van der Waals surface area contributed by atoms with Crippen molar-refractivity contribution in [2.45, 2.75) is 26.2 Å². The summed E-state index contributed by atoms with van der Waals surface area (Å²) in [6.45, 7) is 5.30. The van der Waals surface area contributed by atoms with E-state index in [0.717, 1.165) is 24.5 Å². The molecule has 2 heterocycles. The average molecular weight is 249 g/mol. The average Bonchev–Trinajstić information content (AvgIpc) is 2.94. The number of nitrogens with zero attached hydrogens (tertiary/aromatic N) is 1. The third kappa shape index (κ3) is 2.58. The Hall–Kier alpha value is -1.13. The maximum absolute atomic E-state index is 4.51. The van der Waals surface area contributed by atoms with E-state index >= 15 is 0 Å². The molecule has 0 aliphatic rings. The van der Waals surface area contributed by atoms with Gasteiger partial charge in [-0.05, 0) is 37.4 Å². The number of aromatic nitrogens is 2. The molecule has 0 saturated heterocycles. The molecule has 2 rings (SSSR count). The molecule has 92 valence electrons. The van der Waals surface area contributed by atoms with Gasteiger partial charge < -0.3 is 10.3 Å². The maximum atomic E-state index is 4.51. The van der Waals surface area contributed by atoms with Crippen LogP contribution in [0, 0.1) is 6.92 Å². The van der Waals surface area contributed by atoms with E-state index in [-0.39, 0.29) is 0 Å². The smallest absolute Gasteiger partial charge is 0.110 e. The molecule has 0 spiro atoms. The second-order valence-electron chi connectivity index (χ2n) is 4.28. The fourth-order valence-corrected chi connectivity index (χ4v) is 2.88. The Morgan fingerprint density at radius 1 is 1.53 bits per heavy atom. The summed E-state index contributed by atoms with van der Waals surface area (Å²) in [5, 5.41) is 5.34. The van der Waals surface area contributed by atoms with Gasteiger partial charge in [0.05, 0.1) is 16.8 Å². The molecule has 3 nitrogen and oxygen atoms in total. The molecule has 1 unspecified atom stereocenters. The van der Waals surface area contributed by atoms with Crippen LogP contribution < -0.4 is 5.32 Å². The zero-order chi connectivity index (χ0) is 12.3. The lowest BCUT2D eigenvalue weighted by molar-refractivity contribution is 0.586. The number of imidazole rings is 1. The number of hydrogen-bond acceptors (Lipinski definition) is 3. The van der Waals surface area contributed by atoms with Crippen LogP contribution in [-0.2, 0) is 0 Å². The molecule has 2 aromatic rings. The lowest BCUT2D eigenvalue weighted by Gasteiger charge is -2.10. The molecule has 0 aromatic carbocycles. The standard InChI is InChI=1S/C13H19N3S/c1-4-10(7-14-3)13-15-8-11(16-13)12-9(2)5-6-17-12/h5-6,8,10,14H,4,7H2,1-3H3,(H,15,16). The van der Waals surface area contributed by atoms with Gasteiger partial charge in [0.25, 0.3) is 0 Å². The van der Waals surface area contributed by atoms with E-state index in [2.05, 4.69) is 40.6 Å². The molecule has 0 amide bonds. The van der Waals surface area contributed by atoms with Gasteiger partial charge in [-0.2, -0.15) is 0 Å². The molecule has 0 saturated carbocycles. The van der Waals surface area contributed by atoms with Crippen LogP contribution in [0.1, 0.15) is 30.7 Å². The number of aromatic amines is 1. The van der Waals surface area contributed by atoms with Crippen molar-refractivity contribution in [1.29, 1.82) is 0 Å². The van der Waals surface area contributed by atoms with Gasteiger partial charge in [0.1, 0.15) is 5.82 Å². The number of rotatable bonds is 5. The second-order valence-corrected chi connectivity index (χ2v) is 5.19. The highest BCUT2D eigenvalue weighted by molar-refractivity contribution is 7.13. The van der Waals surface area contributed by atoms with E-state index in [1.54, 1.807) is 11.3 Å². The number of likely N-dealkylation sites (N-methyl/N-ethyl adjacent to an activating group) is 1. The molecule has 2 N–H and O–H groups in total. The number of aryl methyl sites for hydroxylation is 1. The molecule has 0 bridgehead atoms. The highest BCUT2D eigenvalue weighted by Gasteiger charge is 2.14. The highest BCUT2D eigenvalue weighted by Crippen LogP contribution is 2.28. The predicted octanol–water partition coefficient (Wildman–Crippen LogP) is 3.16. The molecule has 0 radical (unpaired) electrons. The molecule has 0 aliphatic heterocycles. The zero-order valence-corrected chi connectivity index (χ0v) is 11.4. The minimum absolute atomic E-state index is 0.467. The monoisotopic (exact) mass is 249 g/mol. The number of nitrogens with one attached hydrogen (secondary N) is 2. The normalized spacial score (nSPS) is 12.9. The summed E-state index contributed by atoms with van der Waals surface area (Å²) in [6, 6.07) is 2.14. The van der Waals surface area contributed by atoms with Crippen LogP contribution in [-0.4, -0.2) is 23.6 Å². The number of hydrogen-bond donors (Lipinski definition) is 2. The van der Waals surface area contributed by atoms with E-state index < -0.39 is 0 Å². The summed E-state index contributed by atoms with van der Waals surface area (Å²) in [4.78, 5) is 9.26. The molecular formula is C13H19N3S. The first-order valence-corrected chi connectivity index (χ1v) is 6.88. The summed E-state index contributed by atoms with van der Waals surface area (Å²) in [5.41, 5.74) is 2.45. The molecular weight excluding hydrogens is 230 g/mol. The first-order chi connectivity index (χ1) is 8.26. The predicted molar refractivity (Wildman–Crippen MR) is 73.6 cm³/mol. The van der Waals surface area contributed by atoms with E-state index in [4.69, 9.17) is 0 Å². The minimum Gasteiger partial charge on any atom is -0.341 e. The third-order valence-electron chi connectivity index (χ3n) is 3.03. The van der Waals surface area contributed by atoms with E-state index in [0.29, 0.717) is 5.92 Å². The number of H-pyrrole nitrogens is 1. The van der Waals surface area contributed by atoms with Crippen LogP contribution in [0.15, 0.2) is 17.6 Å². The van der Waals surface area contributed by atoms with Crippen molar-refractivity contribution < 1.29 is 0 Å². The van der Waals surface area contributed by atoms with Crippen LogP contribution >= 0.6 is 11.3 Å². The SMILES string of the molecule is CCC(CNC)c1ncc(-c2sccc2C)[nH]1. The third-order valence-corrected chi connectivity index (χ3v) is 4.08. The van der Waals surface area contributed by atoms with Crippen LogP contribution in [0.2, 0.25) is 0 Å². The Kier molecular flexibility index (Phi) is 3.97. The Labute approximate surface area is 106 Å². The molecule has 0 aliphatic carbocycles. The van der Waals surface area contributed by atoms with Crippen LogP contribution in [0.4, 0.5) is 0 Å². The van der Waals surface area contributed by atoms with Crippen molar-refractivity contribution in [3.63, 3.8) is 0 Å². The maximum Gasteiger partial charge on any atom is 0.110 e. The first kappa shape index (κ1) is 12.3. The fraction of sp³-hybridized carbons (Fsp3) is 0.462. The molecule has 2 aromatic heterocycles. The van der Waals surface area contributed by atoms with Crippen molar-refractivity contribution in [1.82, 2.24) is 15.3 Å². The number of thiophene rings is 1. The summed E-state index contributed by atoms with van der Waals surface area (Å²) < 4.78 is 0. The van der Waals surface area contributed by atoms with Gasteiger partial charge in [-0.3, -0.25) is 0 Å². The lowest BCUT2D eigenvalue weighted by Crippen LogP contribution is -2.17. The van der Waals surface area contributed by atoms with Crippen molar-refractivity contribution >= 4 is 11.3 Å². The lowest BCUT2D eigenvalue weighted by atomic mass is 10.1. The Bertz CT molecular complexity index is 472. The van der Waals surface area contributed by atoms with Crippen LogP contribution in [0.5, 0.6) is 0 Å². The fourth-order valence-electron chi connectivity index (χ4n) is 1.99. The topological polar surface area (TPSA) is 40.7 Å². The Balaban J connectivity index is 2.24. The van der Waals surface area contributed by atoms with Crippen LogP contribution in [0.3, 0.4) is 0 Å². The van der Waals surface area contributed by atoms with Crippen molar-refractivity contribution in [3.05, 3.63) is 29.0 Å². The quantitative estimate of drug-likeness (QED) is 0.854. The molecule has 1 atom stereocenters. The van der Waals surface area contributed by atoms with E-state index in [1.165, 1.54) is 10.4 Å². The van der Waals surface area contributed by atoms with Crippen LogP contribution in [0.25, 0.3) is 10.6 Å². The van der Waals surface area contributed by atoms with E-state index in [1.807, 2.05) is 13.2 Å². The summed E-state index contributed by atoms with van der Waals surface area (Å²) >= 11 is 1.76.